The quantitative estimate of drug-likeness (QED) is 0.844. The van der Waals surface area contributed by atoms with Crippen LogP contribution in [0.1, 0.15) is 25.5 Å². The van der Waals surface area contributed by atoms with Gasteiger partial charge in [-0.2, -0.15) is 14.6 Å². The van der Waals surface area contributed by atoms with E-state index in [1.54, 1.807) is 6.33 Å². The zero-order valence-electron chi connectivity index (χ0n) is 14.8. The lowest BCUT2D eigenvalue weighted by molar-refractivity contribution is -0.0105. The summed E-state index contributed by atoms with van der Waals surface area (Å²) in [5, 5.41) is 4.34. The van der Waals surface area contributed by atoms with Gasteiger partial charge in [-0.15, -0.1) is 0 Å². The van der Waals surface area contributed by atoms with Gasteiger partial charge in [0.2, 0.25) is 0 Å². The number of likely N-dealkylation sites (N-methyl/N-ethyl adjacent to an activating group) is 1. The Balaban J connectivity index is 1.52. The minimum atomic E-state index is 0.268. The fraction of sp³-hybridized carbons (Fsp3) is 0.706. The number of aromatic nitrogens is 4. The first kappa shape index (κ1) is 15.8. The summed E-state index contributed by atoms with van der Waals surface area (Å²) in [4.78, 5) is 13.6. The van der Waals surface area contributed by atoms with Crippen molar-refractivity contribution >= 4 is 11.6 Å². The standard InChI is InChI=1S/C17H26N6O/c1-4-24-9-14-5-6-21(3)17(8-14)10-22(11-17)15-7-13(2)20-16-18-12-19-23(15)16/h7,12,14H,4-6,8-11H2,1-3H3. The van der Waals surface area contributed by atoms with E-state index in [1.807, 2.05) is 11.4 Å². The van der Waals surface area contributed by atoms with Gasteiger partial charge in [0.05, 0.1) is 5.54 Å². The molecule has 0 N–H and O–H groups in total. The molecule has 4 heterocycles. The van der Waals surface area contributed by atoms with E-state index < -0.39 is 0 Å². The van der Waals surface area contributed by atoms with Crippen LogP contribution in [-0.2, 0) is 4.74 Å². The Hall–Kier alpha value is -1.73. The number of hydrogen-bond acceptors (Lipinski definition) is 6. The van der Waals surface area contributed by atoms with E-state index in [-0.39, 0.29) is 5.54 Å². The van der Waals surface area contributed by atoms with Crippen LogP contribution in [0.4, 0.5) is 5.82 Å². The molecule has 0 radical (unpaired) electrons. The molecule has 0 aliphatic carbocycles. The van der Waals surface area contributed by atoms with Crippen molar-refractivity contribution in [2.45, 2.75) is 32.2 Å². The number of aryl methyl sites for hydroxylation is 1. The molecular formula is C17H26N6O. The Labute approximate surface area is 142 Å². The Morgan fingerprint density at radius 2 is 2.21 bits per heavy atom. The molecule has 0 amide bonds. The molecule has 4 rings (SSSR count). The number of anilines is 1. The van der Waals surface area contributed by atoms with Gasteiger partial charge in [-0.1, -0.05) is 0 Å². The van der Waals surface area contributed by atoms with Crippen LogP contribution in [0, 0.1) is 12.8 Å². The smallest absolute Gasteiger partial charge is 0.254 e. The number of fused-ring (bicyclic) bond motifs is 1. The van der Waals surface area contributed by atoms with Crippen molar-refractivity contribution in [1.82, 2.24) is 24.5 Å². The molecule has 1 unspecified atom stereocenters. The van der Waals surface area contributed by atoms with Crippen molar-refractivity contribution in [1.29, 1.82) is 0 Å². The maximum Gasteiger partial charge on any atom is 0.254 e. The second-order valence-corrected chi connectivity index (χ2v) is 7.25. The summed E-state index contributed by atoms with van der Waals surface area (Å²) in [6, 6.07) is 2.11. The summed E-state index contributed by atoms with van der Waals surface area (Å²) in [7, 11) is 2.26. The van der Waals surface area contributed by atoms with Crippen LogP contribution in [0.3, 0.4) is 0 Å². The molecule has 2 aliphatic heterocycles. The van der Waals surface area contributed by atoms with Crippen LogP contribution in [-0.4, -0.2) is 69.9 Å². The van der Waals surface area contributed by atoms with Gasteiger partial charge in [-0.3, -0.25) is 4.90 Å². The summed E-state index contributed by atoms with van der Waals surface area (Å²) in [6.45, 7) is 9.01. The van der Waals surface area contributed by atoms with Crippen LogP contribution in [0.25, 0.3) is 5.78 Å². The largest absolute Gasteiger partial charge is 0.381 e. The average Bonchev–Trinajstić information content (AvgIpc) is 2.99. The molecule has 2 aromatic rings. The van der Waals surface area contributed by atoms with Gasteiger partial charge >= 0.3 is 0 Å². The van der Waals surface area contributed by atoms with E-state index in [1.165, 1.54) is 12.8 Å². The molecule has 2 saturated heterocycles. The summed E-state index contributed by atoms with van der Waals surface area (Å²) in [5.74, 6) is 2.45. The maximum atomic E-state index is 5.68. The van der Waals surface area contributed by atoms with Crippen LogP contribution in [0.5, 0.6) is 0 Å². The van der Waals surface area contributed by atoms with E-state index in [0.717, 1.165) is 44.4 Å². The third kappa shape index (κ3) is 2.56. The number of hydrogen-bond donors (Lipinski definition) is 0. The molecule has 7 heteroatoms. The van der Waals surface area contributed by atoms with Gasteiger partial charge in [0.15, 0.2) is 0 Å². The van der Waals surface area contributed by atoms with Crippen LogP contribution >= 0.6 is 0 Å². The number of nitrogens with zero attached hydrogens (tertiary/aromatic N) is 6. The number of piperidine rings is 1. The topological polar surface area (TPSA) is 58.8 Å². The first-order valence-electron chi connectivity index (χ1n) is 8.82. The van der Waals surface area contributed by atoms with Gasteiger partial charge < -0.3 is 9.64 Å². The van der Waals surface area contributed by atoms with Crippen molar-refractivity contribution < 1.29 is 4.74 Å². The molecule has 0 saturated carbocycles. The summed E-state index contributed by atoms with van der Waals surface area (Å²) in [5.41, 5.74) is 1.25. The highest BCUT2D eigenvalue weighted by Gasteiger charge is 2.50. The second-order valence-electron chi connectivity index (χ2n) is 7.25. The van der Waals surface area contributed by atoms with E-state index in [2.05, 4.69) is 44.9 Å². The number of ether oxygens (including phenoxy) is 1. The van der Waals surface area contributed by atoms with Crippen LogP contribution in [0.2, 0.25) is 0 Å². The SMILES string of the molecule is CCOCC1CCN(C)C2(C1)CN(c1cc(C)nc3ncnn13)C2. The molecule has 7 nitrogen and oxygen atoms in total. The number of rotatable bonds is 4. The minimum absolute atomic E-state index is 0.268. The van der Waals surface area contributed by atoms with Crippen molar-refractivity contribution in [3.8, 4) is 0 Å². The monoisotopic (exact) mass is 330 g/mol. The van der Waals surface area contributed by atoms with Crippen LogP contribution < -0.4 is 4.90 Å². The molecular weight excluding hydrogens is 304 g/mol. The third-order valence-electron chi connectivity index (χ3n) is 5.56. The first-order chi connectivity index (χ1) is 11.6. The summed E-state index contributed by atoms with van der Waals surface area (Å²) >= 11 is 0. The van der Waals surface area contributed by atoms with Gasteiger partial charge in [0.25, 0.3) is 5.78 Å². The predicted molar refractivity (Wildman–Crippen MR) is 92.3 cm³/mol. The molecule has 0 bridgehead atoms. The molecule has 2 aliphatic rings. The molecule has 24 heavy (non-hydrogen) atoms. The Kier molecular flexibility index (Phi) is 3.92. The normalized spacial score (nSPS) is 23.8. The maximum absolute atomic E-state index is 5.68. The van der Waals surface area contributed by atoms with Crippen molar-refractivity contribution in [2.24, 2.45) is 5.92 Å². The zero-order chi connectivity index (χ0) is 16.7. The molecule has 2 aromatic heterocycles. The van der Waals surface area contributed by atoms with E-state index in [9.17, 15) is 0 Å². The van der Waals surface area contributed by atoms with Crippen molar-refractivity contribution in [3.63, 3.8) is 0 Å². The summed E-state index contributed by atoms with van der Waals surface area (Å²) < 4.78 is 7.53. The molecule has 2 fully saturated rings. The fourth-order valence-electron chi connectivity index (χ4n) is 4.17. The highest BCUT2D eigenvalue weighted by molar-refractivity contribution is 5.51. The van der Waals surface area contributed by atoms with Gasteiger partial charge in [-0.05, 0) is 46.2 Å². The van der Waals surface area contributed by atoms with E-state index in [0.29, 0.717) is 11.7 Å². The van der Waals surface area contributed by atoms with Gasteiger partial charge in [-0.25, -0.2) is 4.98 Å². The second kappa shape index (κ2) is 5.97. The molecule has 1 spiro atoms. The lowest BCUT2D eigenvalue weighted by Crippen LogP contribution is -2.72. The highest BCUT2D eigenvalue weighted by Crippen LogP contribution is 2.40. The van der Waals surface area contributed by atoms with Gasteiger partial charge in [0.1, 0.15) is 12.1 Å². The lowest BCUT2D eigenvalue weighted by atomic mass is 9.75. The first-order valence-corrected chi connectivity index (χ1v) is 8.82. The van der Waals surface area contributed by atoms with E-state index in [4.69, 9.17) is 4.74 Å². The molecule has 0 aromatic carbocycles. The Morgan fingerprint density at radius 1 is 1.38 bits per heavy atom. The number of likely N-dealkylation sites (tertiary alicyclic amines) is 1. The van der Waals surface area contributed by atoms with E-state index >= 15 is 0 Å². The van der Waals surface area contributed by atoms with Crippen molar-refractivity contribution in [2.75, 3.05) is 44.8 Å². The molecule has 130 valence electrons. The fourth-order valence-corrected chi connectivity index (χ4v) is 4.17. The minimum Gasteiger partial charge on any atom is -0.381 e. The summed E-state index contributed by atoms with van der Waals surface area (Å²) in [6.07, 6.45) is 4.02. The lowest BCUT2D eigenvalue weighted by Gasteiger charge is -2.59. The average molecular weight is 330 g/mol. The third-order valence-corrected chi connectivity index (χ3v) is 5.56. The highest BCUT2D eigenvalue weighted by atomic mass is 16.5. The van der Waals surface area contributed by atoms with Crippen LogP contribution in [0.15, 0.2) is 12.4 Å². The Bertz CT molecular complexity index is 721. The van der Waals surface area contributed by atoms with Crippen molar-refractivity contribution in [3.05, 3.63) is 18.1 Å². The molecule has 1 atom stereocenters. The predicted octanol–water partition coefficient (Wildman–Crippen LogP) is 1.37. The zero-order valence-corrected chi connectivity index (χ0v) is 14.8. The van der Waals surface area contributed by atoms with Gasteiger partial charge in [0, 0.05) is 38.1 Å². The Morgan fingerprint density at radius 3 is 3.00 bits per heavy atom.